The Kier molecular flexibility index (Phi) is 2.62. The van der Waals surface area contributed by atoms with E-state index in [2.05, 4.69) is 16.9 Å². The van der Waals surface area contributed by atoms with Gasteiger partial charge in [-0.25, -0.2) is 4.98 Å². The highest BCUT2D eigenvalue weighted by atomic mass is 32.1. The van der Waals surface area contributed by atoms with Gasteiger partial charge in [-0.15, -0.1) is 11.3 Å². The van der Waals surface area contributed by atoms with Crippen LogP contribution in [0.4, 0.5) is 0 Å². The molecule has 1 aromatic heterocycles. The molecule has 1 fully saturated rings. The van der Waals surface area contributed by atoms with E-state index in [1.807, 2.05) is 11.6 Å². The number of aromatic nitrogens is 1. The number of nitrogens with zero attached hydrogens (tertiary/aromatic N) is 2. The highest BCUT2D eigenvalue weighted by Crippen LogP contribution is 2.29. The summed E-state index contributed by atoms with van der Waals surface area (Å²) in [5.74, 6) is 0. The first-order valence-corrected chi connectivity index (χ1v) is 5.50. The van der Waals surface area contributed by atoms with Gasteiger partial charge in [-0.2, -0.15) is 0 Å². The molecule has 2 rings (SSSR count). The summed E-state index contributed by atoms with van der Waals surface area (Å²) < 4.78 is 0. The van der Waals surface area contributed by atoms with Crippen molar-refractivity contribution in [3.05, 3.63) is 16.6 Å². The Hall–Kier alpha value is -0.450. The Bertz CT molecular complexity index is 260. The Balaban J connectivity index is 2.12. The molecule has 2 N–H and O–H groups in total. The summed E-state index contributed by atoms with van der Waals surface area (Å²) in [6.45, 7) is 1.09. The van der Waals surface area contributed by atoms with E-state index in [1.54, 1.807) is 11.3 Å². The van der Waals surface area contributed by atoms with Gasteiger partial charge in [-0.3, -0.25) is 4.90 Å². The number of hydrogen-bond donors (Lipinski definition) is 1. The molecule has 3 nitrogen and oxygen atoms in total. The standard InChI is InChI=1S/C9H15N3S/c1-12-4-2-7(10)6-8(12)9-11-3-5-13-9/h3,5,7-8H,2,4,6,10H2,1H3. The van der Waals surface area contributed by atoms with Crippen LogP contribution >= 0.6 is 11.3 Å². The highest BCUT2D eigenvalue weighted by molar-refractivity contribution is 7.09. The molecule has 4 heteroatoms. The summed E-state index contributed by atoms with van der Waals surface area (Å²) in [4.78, 5) is 6.70. The monoisotopic (exact) mass is 197 g/mol. The molecule has 1 aliphatic rings. The third-order valence-corrected chi connectivity index (χ3v) is 3.52. The molecular weight excluding hydrogens is 182 g/mol. The topological polar surface area (TPSA) is 42.1 Å². The third kappa shape index (κ3) is 1.90. The molecule has 1 aromatic rings. The normalized spacial score (nSPS) is 30.6. The number of likely N-dealkylation sites (tertiary alicyclic amines) is 1. The zero-order valence-corrected chi connectivity index (χ0v) is 8.63. The van der Waals surface area contributed by atoms with Crippen molar-refractivity contribution in [1.29, 1.82) is 0 Å². The molecule has 13 heavy (non-hydrogen) atoms. The van der Waals surface area contributed by atoms with Gasteiger partial charge in [0.25, 0.3) is 0 Å². The highest BCUT2D eigenvalue weighted by Gasteiger charge is 2.26. The molecule has 0 bridgehead atoms. The van der Waals surface area contributed by atoms with Crippen LogP contribution in [0.2, 0.25) is 0 Å². The van der Waals surface area contributed by atoms with Gasteiger partial charge in [-0.1, -0.05) is 0 Å². The lowest BCUT2D eigenvalue weighted by Crippen LogP contribution is -2.39. The van der Waals surface area contributed by atoms with Gasteiger partial charge in [0.15, 0.2) is 0 Å². The van der Waals surface area contributed by atoms with Crippen molar-refractivity contribution >= 4 is 11.3 Å². The van der Waals surface area contributed by atoms with E-state index in [4.69, 9.17) is 5.73 Å². The molecule has 0 aromatic carbocycles. The van der Waals surface area contributed by atoms with Crippen molar-refractivity contribution in [2.24, 2.45) is 5.73 Å². The SMILES string of the molecule is CN1CCC(N)CC1c1nccs1. The van der Waals surface area contributed by atoms with Gasteiger partial charge >= 0.3 is 0 Å². The smallest absolute Gasteiger partial charge is 0.110 e. The number of hydrogen-bond acceptors (Lipinski definition) is 4. The zero-order chi connectivity index (χ0) is 9.26. The van der Waals surface area contributed by atoms with Crippen LogP contribution in [0.1, 0.15) is 23.9 Å². The first-order valence-electron chi connectivity index (χ1n) is 4.62. The molecule has 0 saturated carbocycles. The second kappa shape index (κ2) is 3.74. The second-order valence-corrected chi connectivity index (χ2v) is 4.58. The quantitative estimate of drug-likeness (QED) is 0.736. The average molecular weight is 197 g/mol. The largest absolute Gasteiger partial charge is 0.328 e. The van der Waals surface area contributed by atoms with Crippen LogP contribution in [0.25, 0.3) is 0 Å². The Labute approximate surface area is 82.6 Å². The Morgan fingerprint density at radius 1 is 1.69 bits per heavy atom. The molecule has 1 saturated heterocycles. The van der Waals surface area contributed by atoms with Crippen LogP contribution in [-0.4, -0.2) is 29.5 Å². The predicted molar refractivity (Wildman–Crippen MR) is 54.7 cm³/mol. The lowest BCUT2D eigenvalue weighted by atomic mass is 9.99. The van der Waals surface area contributed by atoms with Gasteiger partial charge in [-0.05, 0) is 19.9 Å². The number of thiazole rings is 1. The number of rotatable bonds is 1. The molecule has 1 aliphatic heterocycles. The first kappa shape index (κ1) is 9.12. The number of nitrogens with two attached hydrogens (primary N) is 1. The fourth-order valence-corrected chi connectivity index (χ4v) is 2.61. The van der Waals surface area contributed by atoms with E-state index in [9.17, 15) is 0 Å². The molecule has 2 unspecified atom stereocenters. The van der Waals surface area contributed by atoms with E-state index < -0.39 is 0 Å². The van der Waals surface area contributed by atoms with E-state index in [0.29, 0.717) is 12.1 Å². The maximum atomic E-state index is 5.94. The fraction of sp³-hybridized carbons (Fsp3) is 0.667. The van der Waals surface area contributed by atoms with Gasteiger partial charge < -0.3 is 5.73 Å². The number of piperidine rings is 1. The average Bonchev–Trinajstić information content (AvgIpc) is 2.61. The van der Waals surface area contributed by atoms with Crippen LogP contribution in [0, 0.1) is 0 Å². The molecule has 2 atom stereocenters. The minimum atomic E-state index is 0.352. The van der Waals surface area contributed by atoms with Crippen molar-refractivity contribution in [1.82, 2.24) is 9.88 Å². The van der Waals surface area contributed by atoms with Crippen LogP contribution < -0.4 is 5.73 Å². The molecule has 72 valence electrons. The molecule has 0 amide bonds. The van der Waals surface area contributed by atoms with Crippen LogP contribution in [-0.2, 0) is 0 Å². The van der Waals surface area contributed by atoms with E-state index in [1.165, 1.54) is 5.01 Å². The van der Waals surface area contributed by atoms with Crippen LogP contribution in [0.5, 0.6) is 0 Å². The van der Waals surface area contributed by atoms with Crippen molar-refractivity contribution in [3.63, 3.8) is 0 Å². The Morgan fingerprint density at radius 3 is 3.23 bits per heavy atom. The van der Waals surface area contributed by atoms with E-state index >= 15 is 0 Å². The summed E-state index contributed by atoms with van der Waals surface area (Å²) in [6.07, 6.45) is 4.02. The van der Waals surface area contributed by atoms with Crippen molar-refractivity contribution in [2.45, 2.75) is 24.9 Å². The zero-order valence-electron chi connectivity index (χ0n) is 7.81. The van der Waals surface area contributed by atoms with Crippen molar-refractivity contribution < 1.29 is 0 Å². The summed E-state index contributed by atoms with van der Waals surface area (Å²) in [5.41, 5.74) is 5.94. The predicted octanol–water partition coefficient (Wildman–Crippen LogP) is 1.24. The summed E-state index contributed by atoms with van der Waals surface area (Å²) >= 11 is 1.73. The molecule has 2 heterocycles. The summed E-state index contributed by atoms with van der Waals surface area (Å²) in [6, 6.07) is 0.800. The van der Waals surface area contributed by atoms with Gasteiger partial charge in [0, 0.05) is 24.2 Å². The lowest BCUT2D eigenvalue weighted by molar-refractivity contribution is 0.171. The first-order chi connectivity index (χ1) is 6.27. The fourth-order valence-electron chi connectivity index (χ4n) is 1.80. The van der Waals surface area contributed by atoms with E-state index in [-0.39, 0.29) is 0 Å². The minimum absolute atomic E-state index is 0.352. The minimum Gasteiger partial charge on any atom is -0.328 e. The maximum absolute atomic E-state index is 5.94. The van der Waals surface area contributed by atoms with Crippen molar-refractivity contribution in [2.75, 3.05) is 13.6 Å². The third-order valence-electron chi connectivity index (χ3n) is 2.65. The molecule has 0 aliphatic carbocycles. The maximum Gasteiger partial charge on any atom is 0.110 e. The van der Waals surface area contributed by atoms with Gasteiger partial charge in [0.05, 0.1) is 6.04 Å². The molecule has 0 radical (unpaired) electrons. The summed E-state index contributed by atoms with van der Waals surface area (Å²) in [5, 5.41) is 3.24. The van der Waals surface area contributed by atoms with Crippen molar-refractivity contribution in [3.8, 4) is 0 Å². The second-order valence-electron chi connectivity index (χ2n) is 3.65. The lowest BCUT2D eigenvalue weighted by Gasteiger charge is -2.34. The van der Waals surface area contributed by atoms with Gasteiger partial charge in [0.1, 0.15) is 5.01 Å². The molecular formula is C9H15N3S. The molecule has 0 spiro atoms. The Morgan fingerprint density at radius 2 is 2.54 bits per heavy atom. The summed E-state index contributed by atoms with van der Waals surface area (Å²) in [7, 11) is 2.15. The van der Waals surface area contributed by atoms with Gasteiger partial charge in [0.2, 0.25) is 0 Å². The van der Waals surface area contributed by atoms with Crippen LogP contribution in [0.15, 0.2) is 11.6 Å². The van der Waals surface area contributed by atoms with Crippen LogP contribution in [0.3, 0.4) is 0 Å². The van der Waals surface area contributed by atoms with E-state index in [0.717, 1.165) is 19.4 Å².